The Morgan fingerprint density at radius 3 is 2.38 bits per heavy atom. The molecule has 0 atom stereocenters. The summed E-state index contributed by atoms with van der Waals surface area (Å²) in [5, 5.41) is 9.11. The van der Waals surface area contributed by atoms with Crippen molar-refractivity contribution in [2.24, 2.45) is 4.40 Å². The third-order valence-electron chi connectivity index (χ3n) is 3.21. The fraction of sp³-hybridized carbons (Fsp3) is 0. The summed E-state index contributed by atoms with van der Waals surface area (Å²) in [7, 11) is -3.85. The number of hydrogen-bond donors (Lipinski definition) is 2. The lowest BCUT2D eigenvalue weighted by Gasteiger charge is -2.08. The smallest absolute Gasteiger partial charge is 0.337 e. The molecule has 2 aromatic rings. The van der Waals surface area contributed by atoms with Gasteiger partial charge in [0.2, 0.25) is 0 Å². The maximum absolute atomic E-state index is 12.1. The molecule has 0 unspecified atom stereocenters. The molecule has 106 valence electrons. The predicted molar refractivity (Wildman–Crippen MR) is 77.1 cm³/mol. The number of fused-ring (bicyclic) bond motifs is 1. The van der Waals surface area contributed by atoms with Gasteiger partial charge in [-0.2, -0.15) is 12.8 Å². The van der Waals surface area contributed by atoms with Gasteiger partial charge in [0.25, 0.3) is 10.0 Å². The molecule has 0 spiro atoms. The number of carbonyl (C=O) groups is 1. The predicted octanol–water partition coefficient (Wildman–Crippen LogP) is 1.51. The maximum Gasteiger partial charge on any atom is 0.337 e. The van der Waals surface area contributed by atoms with E-state index in [1.807, 2.05) is 0 Å². The standard InChI is InChI=1S/C14H10N2O4S/c15-12-9(14(17)18)6-7-10-11(12)13(16-21(10,19)20)8-4-2-1-3-5-8/h1-7H,15H2,(H,17,18). The van der Waals surface area contributed by atoms with Crippen molar-refractivity contribution in [1.82, 2.24) is 0 Å². The van der Waals surface area contributed by atoms with Gasteiger partial charge in [-0.25, -0.2) is 4.79 Å². The van der Waals surface area contributed by atoms with Gasteiger partial charge in [-0.05, 0) is 12.1 Å². The molecule has 1 aliphatic rings. The van der Waals surface area contributed by atoms with Crippen molar-refractivity contribution in [3.05, 3.63) is 59.2 Å². The molecule has 0 saturated heterocycles. The minimum atomic E-state index is -3.85. The van der Waals surface area contributed by atoms with Crippen LogP contribution in [0.15, 0.2) is 51.8 Å². The molecule has 21 heavy (non-hydrogen) atoms. The monoisotopic (exact) mass is 302 g/mol. The van der Waals surface area contributed by atoms with E-state index in [9.17, 15) is 13.2 Å². The van der Waals surface area contributed by atoms with Crippen molar-refractivity contribution in [3.8, 4) is 0 Å². The number of aromatic carboxylic acids is 1. The third-order valence-corrected chi connectivity index (χ3v) is 4.53. The Kier molecular flexibility index (Phi) is 2.80. The molecule has 0 aromatic heterocycles. The van der Waals surface area contributed by atoms with E-state index in [4.69, 9.17) is 10.8 Å². The molecular formula is C14H10N2O4S. The van der Waals surface area contributed by atoms with Crippen LogP contribution in [0.25, 0.3) is 0 Å². The van der Waals surface area contributed by atoms with Crippen molar-refractivity contribution in [3.63, 3.8) is 0 Å². The van der Waals surface area contributed by atoms with Crippen LogP contribution >= 0.6 is 0 Å². The van der Waals surface area contributed by atoms with Gasteiger partial charge < -0.3 is 10.8 Å². The molecule has 2 aromatic carbocycles. The van der Waals surface area contributed by atoms with Gasteiger partial charge in [0.1, 0.15) is 4.90 Å². The molecule has 0 aliphatic carbocycles. The zero-order chi connectivity index (χ0) is 15.2. The minimum absolute atomic E-state index is 0.0659. The topological polar surface area (TPSA) is 110 Å². The second-order valence-electron chi connectivity index (χ2n) is 4.49. The fourth-order valence-corrected chi connectivity index (χ4v) is 3.49. The van der Waals surface area contributed by atoms with Crippen LogP contribution in [0.2, 0.25) is 0 Å². The Morgan fingerprint density at radius 1 is 1.10 bits per heavy atom. The summed E-state index contributed by atoms with van der Waals surface area (Å²) < 4.78 is 27.9. The number of nitrogen functional groups attached to an aromatic ring is 1. The Bertz CT molecular complexity index is 887. The maximum atomic E-state index is 12.1. The summed E-state index contributed by atoms with van der Waals surface area (Å²) in [5.74, 6) is -1.22. The second kappa shape index (κ2) is 4.42. The van der Waals surface area contributed by atoms with E-state index in [1.165, 1.54) is 12.1 Å². The average Bonchev–Trinajstić information content (AvgIpc) is 2.72. The van der Waals surface area contributed by atoms with Crippen LogP contribution < -0.4 is 5.73 Å². The van der Waals surface area contributed by atoms with Gasteiger partial charge in [-0.15, -0.1) is 0 Å². The highest BCUT2D eigenvalue weighted by molar-refractivity contribution is 7.90. The highest BCUT2D eigenvalue weighted by Gasteiger charge is 2.33. The Balaban J connectivity index is 2.35. The summed E-state index contributed by atoms with van der Waals surface area (Å²) in [4.78, 5) is 11.1. The number of benzene rings is 2. The molecule has 3 N–H and O–H groups in total. The number of carboxylic acids is 1. The van der Waals surface area contributed by atoms with E-state index in [0.29, 0.717) is 5.56 Å². The third kappa shape index (κ3) is 1.98. The Labute approximate surface area is 120 Å². The van der Waals surface area contributed by atoms with Crippen molar-refractivity contribution in [2.45, 2.75) is 4.90 Å². The quantitative estimate of drug-likeness (QED) is 0.817. The van der Waals surface area contributed by atoms with Gasteiger partial charge in [0, 0.05) is 11.1 Å². The van der Waals surface area contributed by atoms with Gasteiger partial charge in [0.15, 0.2) is 0 Å². The lowest BCUT2D eigenvalue weighted by Crippen LogP contribution is -2.10. The van der Waals surface area contributed by atoms with Gasteiger partial charge >= 0.3 is 5.97 Å². The van der Waals surface area contributed by atoms with Gasteiger partial charge in [-0.3, -0.25) is 0 Å². The van der Waals surface area contributed by atoms with Gasteiger partial charge in [0.05, 0.1) is 17.0 Å². The van der Waals surface area contributed by atoms with Gasteiger partial charge in [-0.1, -0.05) is 30.3 Å². The first-order chi connectivity index (χ1) is 9.92. The number of sulfonamides is 1. The summed E-state index contributed by atoms with van der Waals surface area (Å²) in [5.41, 5.74) is 6.51. The van der Waals surface area contributed by atoms with Crippen LogP contribution in [0, 0.1) is 0 Å². The average molecular weight is 302 g/mol. The van der Waals surface area contributed by atoms with Crippen LogP contribution in [0.1, 0.15) is 21.5 Å². The van der Waals surface area contributed by atoms with E-state index in [0.717, 1.165) is 0 Å². The number of anilines is 1. The summed E-state index contributed by atoms with van der Waals surface area (Å²) in [6.45, 7) is 0. The zero-order valence-corrected chi connectivity index (χ0v) is 11.5. The van der Waals surface area contributed by atoms with Crippen LogP contribution in [-0.2, 0) is 10.0 Å². The molecule has 0 fully saturated rings. The number of nitrogens with two attached hydrogens (primary N) is 1. The molecule has 0 bridgehead atoms. The number of carboxylic acid groups (broad SMARTS) is 1. The molecule has 0 amide bonds. The molecule has 6 nitrogen and oxygen atoms in total. The van der Waals surface area contributed by atoms with Crippen LogP contribution in [-0.4, -0.2) is 25.2 Å². The largest absolute Gasteiger partial charge is 0.478 e. The summed E-state index contributed by atoms with van der Waals surface area (Å²) in [6.07, 6.45) is 0. The second-order valence-corrected chi connectivity index (χ2v) is 6.06. The lowest BCUT2D eigenvalue weighted by atomic mass is 9.98. The van der Waals surface area contributed by atoms with Crippen LogP contribution in [0.4, 0.5) is 5.69 Å². The first kappa shape index (κ1) is 13.3. The molecule has 1 heterocycles. The van der Waals surface area contributed by atoms with Crippen molar-refractivity contribution in [2.75, 3.05) is 5.73 Å². The minimum Gasteiger partial charge on any atom is -0.478 e. The highest BCUT2D eigenvalue weighted by Crippen LogP contribution is 2.35. The van der Waals surface area contributed by atoms with Crippen LogP contribution in [0.3, 0.4) is 0 Å². The first-order valence-electron chi connectivity index (χ1n) is 5.98. The van der Waals surface area contributed by atoms with E-state index in [1.54, 1.807) is 30.3 Å². The first-order valence-corrected chi connectivity index (χ1v) is 7.42. The molecular weight excluding hydrogens is 292 g/mol. The number of nitrogens with zero attached hydrogens (tertiary/aromatic N) is 1. The Hall–Kier alpha value is -2.67. The molecule has 0 saturated carbocycles. The van der Waals surface area contributed by atoms with Crippen LogP contribution in [0.5, 0.6) is 0 Å². The van der Waals surface area contributed by atoms with Crippen molar-refractivity contribution < 1.29 is 18.3 Å². The van der Waals surface area contributed by atoms with E-state index in [-0.39, 0.29) is 27.4 Å². The van der Waals surface area contributed by atoms with E-state index >= 15 is 0 Å². The summed E-state index contributed by atoms with van der Waals surface area (Å²) in [6, 6.07) is 11.0. The Morgan fingerprint density at radius 2 is 1.76 bits per heavy atom. The molecule has 1 aliphatic heterocycles. The van der Waals surface area contributed by atoms with E-state index in [2.05, 4.69) is 4.40 Å². The molecule has 0 radical (unpaired) electrons. The lowest BCUT2D eigenvalue weighted by molar-refractivity contribution is 0.0698. The highest BCUT2D eigenvalue weighted by atomic mass is 32.2. The number of hydrogen-bond acceptors (Lipinski definition) is 4. The molecule has 7 heteroatoms. The van der Waals surface area contributed by atoms with Crippen molar-refractivity contribution >= 4 is 27.4 Å². The number of rotatable bonds is 2. The normalized spacial score (nSPS) is 15.3. The molecule has 3 rings (SSSR count). The summed E-state index contributed by atoms with van der Waals surface area (Å²) >= 11 is 0. The fourth-order valence-electron chi connectivity index (χ4n) is 2.25. The SMILES string of the molecule is Nc1c(C(=O)O)ccc2c1C(c1ccccc1)=NS2(=O)=O. The van der Waals surface area contributed by atoms with Crippen molar-refractivity contribution in [1.29, 1.82) is 0 Å². The zero-order valence-electron chi connectivity index (χ0n) is 10.6. The van der Waals surface area contributed by atoms with E-state index < -0.39 is 16.0 Å².